The molecular weight excluding hydrogens is 528 g/mol. The molecule has 0 saturated carbocycles. The molecule has 0 radical (unpaired) electrons. The Labute approximate surface area is 224 Å². The smallest absolute Gasteiger partial charge is 0.449 e. The summed E-state index contributed by atoms with van der Waals surface area (Å²) in [7, 11) is 0. The van der Waals surface area contributed by atoms with Crippen LogP contribution in [0.25, 0.3) is 0 Å². The molecule has 3 aromatic carbocycles. The number of thioether (sulfide) groups is 1. The fourth-order valence-corrected chi connectivity index (χ4v) is 5.48. The van der Waals surface area contributed by atoms with Crippen molar-refractivity contribution in [3.8, 4) is 5.75 Å². The quantitative estimate of drug-likeness (QED) is 0.210. The van der Waals surface area contributed by atoms with Crippen LogP contribution in [0.5, 0.6) is 5.75 Å². The summed E-state index contributed by atoms with van der Waals surface area (Å²) in [6.07, 6.45) is -4.40. The van der Waals surface area contributed by atoms with Crippen LogP contribution in [0.4, 0.5) is 13.2 Å². The summed E-state index contributed by atoms with van der Waals surface area (Å²) in [6.45, 7) is 2.65. The number of Topliss-reactive ketones (excluding diaryl/α,β-unsaturated/α-hetero) is 1. The highest BCUT2D eigenvalue weighted by Crippen LogP contribution is 2.39. The summed E-state index contributed by atoms with van der Waals surface area (Å²) in [5.74, 6) is 0.520. The zero-order valence-corrected chi connectivity index (χ0v) is 22.1. The molecule has 0 atom stereocenters. The van der Waals surface area contributed by atoms with Gasteiger partial charge in [0.25, 0.3) is 0 Å². The third-order valence-electron chi connectivity index (χ3n) is 6.12. The van der Waals surface area contributed by atoms with E-state index >= 15 is 0 Å². The molecule has 0 amide bonds. The first-order valence-electron chi connectivity index (χ1n) is 11.6. The van der Waals surface area contributed by atoms with Gasteiger partial charge in [-0.05, 0) is 65.9 Å². The van der Waals surface area contributed by atoms with Gasteiger partial charge in [0.1, 0.15) is 5.75 Å². The number of alkyl halides is 3. The minimum atomic E-state index is -4.78. The lowest BCUT2D eigenvalue weighted by Gasteiger charge is -2.34. The van der Waals surface area contributed by atoms with E-state index in [0.717, 1.165) is 17.9 Å². The van der Waals surface area contributed by atoms with E-state index in [4.69, 9.17) is 27.9 Å². The maximum absolute atomic E-state index is 12.4. The maximum Gasteiger partial charge on any atom is 0.449 e. The molecule has 3 rings (SSSR count). The topological polar surface area (TPSA) is 26.3 Å². The Morgan fingerprint density at radius 2 is 1.39 bits per heavy atom. The molecule has 0 aromatic heterocycles. The third-order valence-corrected chi connectivity index (χ3v) is 7.78. The van der Waals surface area contributed by atoms with Crippen molar-refractivity contribution in [2.45, 2.75) is 37.8 Å². The zero-order valence-electron chi connectivity index (χ0n) is 19.8. The van der Waals surface area contributed by atoms with Gasteiger partial charge in [0.05, 0.1) is 6.61 Å². The largest absolute Gasteiger partial charge is 0.493 e. The summed E-state index contributed by atoms with van der Waals surface area (Å²) in [4.78, 5) is 11.0. The lowest BCUT2D eigenvalue weighted by molar-refractivity contribution is -0.171. The Morgan fingerprint density at radius 3 is 1.86 bits per heavy atom. The van der Waals surface area contributed by atoms with E-state index in [9.17, 15) is 18.0 Å². The van der Waals surface area contributed by atoms with Crippen LogP contribution in [0.1, 0.15) is 36.5 Å². The second kappa shape index (κ2) is 12.9. The van der Waals surface area contributed by atoms with Gasteiger partial charge in [-0.15, -0.1) is 0 Å². The van der Waals surface area contributed by atoms with Crippen molar-refractivity contribution in [3.63, 3.8) is 0 Å². The van der Waals surface area contributed by atoms with Gasteiger partial charge < -0.3 is 4.74 Å². The Bertz CT molecular complexity index is 1070. The van der Waals surface area contributed by atoms with E-state index in [-0.39, 0.29) is 11.8 Å². The number of hydrogen-bond donors (Lipinski definition) is 0. The highest BCUT2D eigenvalue weighted by atomic mass is 35.5. The van der Waals surface area contributed by atoms with Crippen molar-refractivity contribution in [1.82, 2.24) is 0 Å². The van der Waals surface area contributed by atoms with E-state index in [1.807, 2.05) is 24.3 Å². The van der Waals surface area contributed by atoms with Gasteiger partial charge in [0.15, 0.2) is 0 Å². The summed E-state index contributed by atoms with van der Waals surface area (Å²) < 4.78 is 42.9. The molecule has 0 bridgehead atoms. The van der Waals surface area contributed by atoms with Gasteiger partial charge in [-0.3, -0.25) is 4.79 Å². The molecule has 0 heterocycles. The predicted octanol–water partition coefficient (Wildman–Crippen LogP) is 8.57. The summed E-state index contributed by atoms with van der Waals surface area (Å²) >= 11 is 14.1. The molecule has 2 nitrogen and oxygen atoms in total. The van der Waals surface area contributed by atoms with Crippen molar-refractivity contribution >= 4 is 40.7 Å². The number of carbonyl (C=O) groups is 1. The van der Waals surface area contributed by atoms with E-state index in [2.05, 4.69) is 31.2 Å². The van der Waals surface area contributed by atoms with Crippen LogP contribution in [0, 0.1) is 0 Å². The van der Waals surface area contributed by atoms with Gasteiger partial charge in [0.2, 0.25) is 5.78 Å². The Kier molecular flexibility index (Phi) is 10.2. The molecule has 0 fully saturated rings. The fraction of sp³-hybridized carbons (Fsp3) is 0.321. The van der Waals surface area contributed by atoms with Gasteiger partial charge in [-0.2, -0.15) is 24.9 Å². The van der Waals surface area contributed by atoms with Crippen molar-refractivity contribution in [1.29, 1.82) is 0 Å². The van der Waals surface area contributed by atoms with E-state index < -0.39 is 18.4 Å². The van der Waals surface area contributed by atoms with Crippen molar-refractivity contribution in [2.75, 3.05) is 18.1 Å². The van der Waals surface area contributed by atoms with Crippen LogP contribution in [0.3, 0.4) is 0 Å². The fourth-order valence-electron chi connectivity index (χ4n) is 4.00. The van der Waals surface area contributed by atoms with Gasteiger partial charge in [-0.25, -0.2) is 0 Å². The SMILES string of the molecule is CCC(CSCCOc1ccc(CCC(=O)C(F)(F)F)cc1)(c1ccc(Cl)cc1)c1ccc(Cl)cc1. The van der Waals surface area contributed by atoms with Gasteiger partial charge >= 0.3 is 6.18 Å². The average Bonchev–Trinajstić information content (AvgIpc) is 2.86. The van der Waals surface area contributed by atoms with E-state index in [0.29, 0.717) is 28.0 Å². The second-order valence-electron chi connectivity index (χ2n) is 8.42. The standard InChI is InChI=1S/C28H27Cl2F3O2S/c1-2-27(21-6-10-23(29)11-7-21,22-8-12-24(30)13-9-22)19-36-18-17-35-25-14-3-20(4-15-25)5-16-26(34)28(31,32)33/h3-4,6-15H,2,5,16-19H2,1H3. The van der Waals surface area contributed by atoms with Gasteiger partial charge in [0, 0.05) is 33.4 Å². The van der Waals surface area contributed by atoms with E-state index in [1.165, 1.54) is 11.1 Å². The zero-order chi connectivity index (χ0) is 26.2. The molecular formula is C28H27Cl2F3O2S. The predicted molar refractivity (Wildman–Crippen MR) is 143 cm³/mol. The molecule has 36 heavy (non-hydrogen) atoms. The van der Waals surface area contributed by atoms with Crippen molar-refractivity contribution in [3.05, 3.63) is 99.5 Å². The minimum Gasteiger partial charge on any atom is -0.493 e. The lowest BCUT2D eigenvalue weighted by Crippen LogP contribution is -2.30. The molecule has 0 unspecified atom stereocenters. The third kappa shape index (κ3) is 7.67. The number of aryl methyl sites for hydroxylation is 1. The van der Waals surface area contributed by atoms with Crippen molar-refractivity contribution in [2.24, 2.45) is 0 Å². The Morgan fingerprint density at radius 1 is 0.861 bits per heavy atom. The number of benzene rings is 3. The lowest BCUT2D eigenvalue weighted by atomic mass is 9.74. The summed E-state index contributed by atoms with van der Waals surface area (Å²) in [5.41, 5.74) is 2.82. The molecule has 0 saturated heterocycles. The second-order valence-corrected chi connectivity index (χ2v) is 10.4. The molecule has 0 aliphatic heterocycles. The molecule has 0 spiro atoms. The number of rotatable bonds is 12. The first kappa shape index (κ1) is 28.4. The number of ketones is 1. The molecule has 8 heteroatoms. The first-order valence-corrected chi connectivity index (χ1v) is 13.5. The monoisotopic (exact) mass is 554 g/mol. The molecule has 0 aliphatic carbocycles. The summed E-state index contributed by atoms with van der Waals surface area (Å²) in [6, 6.07) is 22.7. The van der Waals surface area contributed by atoms with Crippen LogP contribution in [-0.2, 0) is 16.6 Å². The first-order chi connectivity index (χ1) is 17.1. The number of hydrogen-bond acceptors (Lipinski definition) is 3. The normalized spacial score (nSPS) is 11.9. The van der Waals surface area contributed by atoms with Crippen LogP contribution in [0.15, 0.2) is 72.8 Å². The van der Waals surface area contributed by atoms with Crippen LogP contribution in [-0.4, -0.2) is 30.1 Å². The number of carbonyl (C=O) groups excluding carboxylic acids is 1. The maximum atomic E-state index is 12.4. The molecule has 3 aromatic rings. The van der Waals surface area contributed by atoms with Gasteiger partial charge in [-0.1, -0.05) is 66.5 Å². The average molecular weight is 555 g/mol. The van der Waals surface area contributed by atoms with Crippen LogP contribution < -0.4 is 4.74 Å². The van der Waals surface area contributed by atoms with E-state index in [1.54, 1.807) is 36.0 Å². The highest BCUT2D eigenvalue weighted by Gasteiger charge is 2.37. The van der Waals surface area contributed by atoms with Crippen LogP contribution >= 0.6 is 35.0 Å². The summed E-state index contributed by atoms with van der Waals surface area (Å²) in [5, 5.41) is 1.39. The van der Waals surface area contributed by atoms with Crippen molar-refractivity contribution < 1.29 is 22.7 Å². The number of halogens is 5. The molecule has 0 N–H and O–H groups in total. The molecule has 0 aliphatic rings. The Balaban J connectivity index is 1.56. The Hall–Kier alpha value is -2.15. The number of ether oxygens (including phenoxy) is 1. The molecule has 192 valence electrons. The van der Waals surface area contributed by atoms with Crippen LogP contribution in [0.2, 0.25) is 10.0 Å². The highest BCUT2D eigenvalue weighted by molar-refractivity contribution is 7.99. The minimum absolute atomic E-state index is 0.0446.